The fraction of sp³-hybridized carbons (Fsp3) is 0.0400. The average molecular weight is 1010 g/mol. The number of para-hydroxylation sites is 1. The summed E-state index contributed by atoms with van der Waals surface area (Å²) in [4.78, 5) is 0. The van der Waals surface area contributed by atoms with Crippen LogP contribution >= 0.6 is 0 Å². The Hall–Kier alpha value is -9.34. The number of hydrogen-bond acceptors (Lipinski definition) is 0. The number of aromatic nitrogens is 1. The Labute approximate surface area is 466 Å². The Morgan fingerprint density at radius 3 is 1.65 bits per heavy atom. The van der Waals surface area contributed by atoms with Crippen LogP contribution in [0.15, 0.2) is 314 Å². The van der Waals surface area contributed by atoms with E-state index in [1.807, 2.05) is 30.3 Å². The second-order valence-corrected chi connectivity index (χ2v) is 23.7. The van der Waals surface area contributed by atoms with Gasteiger partial charge in [-0.2, -0.15) is 0 Å². The summed E-state index contributed by atoms with van der Waals surface area (Å²) >= 11 is 0. The van der Waals surface area contributed by atoms with E-state index < -0.39 is 68.5 Å². The summed E-state index contributed by atoms with van der Waals surface area (Å²) in [5, 5.41) is 6.77. The third kappa shape index (κ3) is 7.35. The fourth-order valence-electron chi connectivity index (χ4n) is 13.1. The summed E-state index contributed by atoms with van der Waals surface area (Å²) in [6, 6.07) is 72.0. The number of benzene rings is 11. The molecule has 2 unspecified atom stereocenters. The van der Waals surface area contributed by atoms with Crippen LogP contribution in [0.1, 0.15) is 54.7 Å². The molecule has 2 bridgehead atoms. The van der Waals surface area contributed by atoms with Crippen LogP contribution in [0.5, 0.6) is 0 Å². The molecule has 1 nitrogen and oxygen atoms in total. The van der Waals surface area contributed by atoms with Gasteiger partial charge in [-0.3, -0.25) is 0 Å². The van der Waals surface area contributed by atoms with E-state index in [2.05, 4.69) is 200 Å². The van der Waals surface area contributed by atoms with Gasteiger partial charge < -0.3 is 4.57 Å². The summed E-state index contributed by atoms with van der Waals surface area (Å²) in [6.07, 6.45) is 4.30. The smallest absolute Gasteiger partial charge is 0.179 e. The zero-order valence-corrected chi connectivity index (χ0v) is 43.2. The highest BCUT2D eigenvalue weighted by Gasteiger charge is 2.51. The molecule has 11 aromatic carbocycles. The van der Waals surface area contributed by atoms with Crippen molar-refractivity contribution in [2.24, 2.45) is 0 Å². The predicted molar refractivity (Wildman–Crippen MR) is 328 cm³/mol. The molecule has 2 atom stereocenters. The second-order valence-electron chi connectivity index (χ2n) is 19.9. The summed E-state index contributed by atoms with van der Waals surface area (Å²) in [6.45, 7) is 6.85. The molecule has 0 radical (unpaired) electrons. The first-order valence-electron chi connectivity index (χ1n) is 31.1. The fourth-order valence-corrected chi connectivity index (χ4v) is 18.2. The lowest BCUT2D eigenvalue weighted by atomic mass is 9.60. The van der Waals surface area contributed by atoms with Gasteiger partial charge in [0, 0.05) is 22.6 Å². The molecule has 1 heterocycles. The molecule has 15 rings (SSSR count). The molecule has 0 N–H and O–H groups in total. The standard InChI is InChI=1S/C75H55NSi/c1-3-26-70(77(57-34-15-7-16-35-57,58-36-17-8-18-37-58)59-38-23-33-55(49-59)52-27-9-4-10-28-52)72-51(2)71-63-40-19-20-41-64(63)75(72)74-65(71)44-25-46-69(74)76-67-45-22-21-39-62(67)66-50-56(47-48-68(66)76)73-60(53-29-11-5-12-30-53)42-24-43-61(73)54-31-13-6-14-32-54/h3-50,71,75H,1H2,2H3/b70-26+/i5D,6D,11D,12D,13D,14D,29D,30D,31D,32D. The van der Waals surface area contributed by atoms with Crippen LogP contribution in [0.25, 0.3) is 72.0 Å². The van der Waals surface area contributed by atoms with Crippen molar-refractivity contribution in [1.29, 1.82) is 0 Å². The van der Waals surface area contributed by atoms with Crippen molar-refractivity contribution in [2.75, 3.05) is 0 Å². The third-order valence-electron chi connectivity index (χ3n) is 16.1. The Morgan fingerprint density at radius 2 is 0.987 bits per heavy atom. The van der Waals surface area contributed by atoms with E-state index in [1.54, 1.807) is 18.2 Å². The van der Waals surface area contributed by atoms with Gasteiger partial charge in [0.05, 0.1) is 30.4 Å². The quantitative estimate of drug-likeness (QED) is 0.0691. The van der Waals surface area contributed by atoms with Crippen molar-refractivity contribution < 1.29 is 13.7 Å². The molecule has 0 amide bonds. The van der Waals surface area contributed by atoms with E-state index in [-0.39, 0.29) is 34.1 Å². The number of nitrogens with zero attached hydrogens (tertiary/aromatic N) is 1. The van der Waals surface area contributed by atoms with E-state index in [0.29, 0.717) is 11.1 Å². The molecule has 3 aliphatic rings. The van der Waals surface area contributed by atoms with Crippen molar-refractivity contribution in [2.45, 2.75) is 18.8 Å². The van der Waals surface area contributed by atoms with Crippen LogP contribution in [-0.2, 0) is 0 Å². The Morgan fingerprint density at radius 1 is 0.455 bits per heavy atom. The maximum atomic E-state index is 9.22. The topological polar surface area (TPSA) is 4.93 Å². The molecule has 0 saturated carbocycles. The van der Waals surface area contributed by atoms with Crippen LogP contribution in [0, 0.1) is 0 Å². The Balaban J connectivity index is 1.04. The molecule has 364 valence electrons. The largest absolute Gasteiger partial charge is 0.309 e. The lowest BCUT2D eigenvalue weighted by molar-refractivity contribution is 0.734. The highest BCUT2D eigenvalue weighted by Crippen LogP contribution is 2.60. The summed E-state index contributed by atoms with van der Waals surface area (Å²) in [7, 11) is -3.33. The third-order valence-corrected chi connectivity index (χ3v) is 20.9. The molecular weight excluding hydrogens is 943 g/mol. The SMILES string of the molecule is [2H]c1c([2H])c([2H])c(-c2cccc(-c3c([2H])c([2H])c([2H])c([2H])c3[2H])c2-c2ccc3c(c2)c2ccccc2n3-c2cccc3c2C2C(/C(=C\C=C)[Si](c4ccccc4)(c4ccccc4)c4cccc(-c5ccccc5)c4)=C(C)C3c3ccccc32)c([2H])c1[2H]. The van der Waals surface area contributed by atoms with E-state index in [1.165, 1.54) is 54.2 Å². The zero-order chi connectivity index (χ0) is 60.2. The molecule has 0 saturated heterocycles. The van der Waals surface area contributed by atoms with Gasteiger partial charge in [0.15, 0.2) is 8.07 Å². The van der Waals surface area contributed by atoms with Gasteiger partial charge in [-0.1, -0.05) is 279 Å². The van der Waals surface area contributed by atoms with E-state index in [0.717, 1.165) is 38.6 Å². The lowest BCUT2D eigenvalue weighted by Crippen LogP contribution is -2.69. The molecule has 0 aliphatic heterocycles. The van der Waals surface area contributed by atoms with Gasteiger partial charge in [0.2, 0.25) is 0 Å². The van der Waals surface area contributed by atoms with Crippen LogP contribution in [0.2, 0.25) is 0 Å². The monoisotopic (exact) mass is 1010 g/mol. The van der Waals surface area contributed by atoms with Gasteiger partial charge in [-0.05, 0) is 124 Å². The lowest BCUT2D eigenvalue weighted by Gasteiger charge is -2.48. The van der Waals surface area contributed by atoms with Crippen molar-refractivity contribution in [3.63, 3.8) is 0 Å². The van der Waals surface area contributed by atoms with Crippen molar-refractivity contribution >= 4 is 45.4 Å². The molecule has 77 heavy (non-hydrogen) atoms. The average Bonchev–Trinajstić information content (AvgIpc) is 1.36. The first kappa shape index (κ1) is 36.6. The van der Waals surface area contributed by atoms with Gasteiger partial charge in [-0.25, -0.2) is 0 Å². The maximum absolute atomic E-state index is 9.22. The molecule has 12 aromatic rings. The Bertz CT molecular complexity index is 4730. The van der Waals surface area contributed by atoms with E-state index in [4.69, 9.17) is 8.22 Å². The zero-order valence-electron chi connectivity index (χ0n) is 52.2. The van der Waals surface area contributed by atoms with Crippen molar-refractivity contribution in [3.05, 3.63) is 336 Å². The molecule has 0 spiro atoms. The van der Waals surface area contributed by atoms with Crippen molar-refractivity contribution in [1.82, 2.24) is 4.57 Å². The molecule has 1 aromatic heterocycles. The molecule has 3 aliphatic carbocycles. The van der Waals surface area contributed by atoms with Crippen LogP contribution in [0.3, 0.4) is 0 Å². The van der Waals surface area contributed by atoms with E-state index in [9.17, 15) is 5.48 Å². The molecule has 2 heteroatoms. The van der Waals surface area contributed by atoms with Gasteiger partial charge >= 0.3 is 0 Å². The highest BCUT2D eigenvalue weighted by molar-refractivity contribution is 7.16. The number of hydrogen-bond donors (Lipinski definition) is 0. The van der Waals surface area contributed by atoms with Gasteiger partial charge in [0.1, 0.15) is 0 Å². The molecular formula is C75H55NSi. The van der Waals surface area contributed by atoms with Gasteiger partial charge in [0.25, 0.3) is 0 Å². The van der Waals surface area contributed by atoms with Crippen LogP contribution in [0.4, 0.5) is 0 Å². The minimum Gasteiger partial charge on any atom is -0.309 e. The summed E-state index contributed by atoms with van der Waals surface area (Å²) < 4.78 is 91.2. The molecule has 0 fully saturated rings. The first-order valence-corrected chi connectivity index (χ1v) is 28.1. The van der Waals surface area contributed by atoms with E-state index >= 15 is 0 Å². The van der Waals surface area contributed by atoms with Crippen LogP contribution < -0.4 is 15.6 Å². The maximum Gasteiger partial charge on any atom is 0.179 e. The number of fused-ring (bicyclic) bond motifs is 3. The predicted octanol–water partition coefficient (Wildman–Crippen LogP) is 17.2. The van der Waals surface area contributed by atoms with Crippen LogP contribution in [-0.4, -0.2) is 12.6 Å². The Kier molecular flexibility index (Phi) is 9.07. The number of rotatable bonds is 11. The minimum absolute atomic E-state index is 0.0708. The minimum atomic E-state index is -3.33. The normalized spacial score (nSPS) is 16.7. The number of allylic oxidation sites excluding steroid dienone is 5. The highest BCUT2D eigenvalue weighted by atomic mass is 28.3. The van der Waals surface area contributed by atoms with Crippen molar-refractivity contribution in [3.8, 4) is 50.2 Å². The second kappa shape index (κ2) is 19.1. The van der Waals surface area contributed by atoms with Gasteiger partial charge in [-0.15, -0.1) is 0 Å². The first-order chi connectivity index (χ1) is 42.3. The summed E-state index contributed by atoms with van der Waals surface area (Å²) in [5.74, 6) is -0.352. The summed E-state index contributed by atoms with van der Waals surface area (Å²) in [5.41, 5.74) is 13.9.